The highest BCUT2D eigenvalue weighted by Gasteiger charge is 2.38. The van der Waals surface area contributed by atoms with E-state index >= 15 is 0 Å². The number of halogens is 3. The lowest BCUT2D eigenvalue weighted by atomic mass is 10.2. The fourth-order valence-electron chi connectivity index (χ4n) is 0.679. The molecule has 0 aromatic heterocycles. The molecule has 0 aliphatic heterocycles. The Morgan fingerprint density at radius 2 is 1.80 bits per heavy atom. The number of hydrogen-bond acceptors (Lipinski definition) is 1. The summed E-state index contributed by atoms with van der Waals surface area (Å²) in [6.45, 7) is 4.31. The van der Waals surface area contributed by atoms with E-state index in [-0.39, 0.29) is 0 Å². The second kappa shape index (κ2) is 9.55. The molecule has 0 unspecified atom stereocenters. The van der Waals surface area contributed by atoms with E-state index < -0.39 is 12.1 Å². The molecule has 0 aromatic carbocycles. The number of hydrogen-bond donors (Lipinski definition) is 1. The van der Waals surface area contributed by atoms with Crippen LogP contribution in [-0.2, 0) is 4.79 Å². The minimum Gasteiger partial charge on any atom is -0.475 e. The highest BCUT2D eigenvalue weighted by atomic mass is 19.4. The highest BCUT2D eigenvalue weighted by Crippen LogP contribution is 2.13. The van der Waals surface area contributed by atoms with Crippen molar-refractivity contribution < 1.29 is 23.1 Å². The Bertz CT molecular complexity index is 186. The molecular weight excluding hydrogens is 209 g/mol. The van der Waals surface area contributed by atoms with Gasteiger partial charge in [-0.15, -0.1) is 0 Å². The molecule has 0 bridgehead atoms. The molecule has 2 nitrogen and oxygen atoms in total. The molecule has 0 rings (SSSR count). The van der Waals surface area contributed by atoms with Gasteiger partial charge in [0.05, 0.1) is 0 Å². The van der Waals surface area contributed by atoms with Crippen LogP contribution >= 0.6 is 0 Å². The summed E-state index contributed by atoms with van der Waals surface area (Å²) in [5.41, 5.74) is 0. The smallest absolute Gasteiger partial charge is 0.475 e. The van der Waals surface area contributed by atoms with Crippen LogP contribution in [0.1, 0.15) is 39.5 Å². The monoisotopic (exact) mass is 226 g/mol. The van der Waals surface area contributed by atoms with E-state index in [4.69, 9.17) is 9.90 Å². The number of carbonyl (C=O) groups is 1. The van der Waals surface area contributed by atoms with Gasteiger partial charge in [0.25, 0.3) is 0 Å². The first-order valence-electron chi connectivity index (χ1n) is 4.77. The van der Waals surface area contributed by atoms with E-state index in [1.807, 2.05) is 0 Å². The first-order valence-corrected chi connectivity index (χ1v) is 4.77. The lowest BCUT2D eigenvalue weighted by molar-refractivity contribution is -0.192. The second-order valence-corrected chi connectivity index (χ2v) is 2.87. The number of allylic oxidation sites excluding steroid dienone is 2. The largest absolute Gasteiger partial charge is 0.490 e. The zero-order valence-corrected chi connectivity index (χ0v) is 8.97. The molecule has 0 aromatic rings. The normalized spacial score (nSPS) is 11.0. The summed E-state index contributed by atoms with van der Waals surface area (Å²) in [4.78, 5) is 8.90. The quantitative estimate of drug-likeness (QED) is 0.585. The van der Waals surface area contributed by atoms with Crippen LogP contribution in [0.25, 0.3) is 0 Å². The Morgan fingerprint density at radius 3 is 2.07 bits per heavy atom. The third-order valence-electron chi connectivity index (χ3n) is 1.45. The summed E-state index contributed by atoms with van der Waals surface area (Å²) >= 11 is 0. The van der Waals surface area contributed by atoms with Gasteiger partial charge in [-0.25, -0.2) is 4.79 Å². The Kier molecular flexibility index (Phi) is 10.5. The van der Waals surface area contributed by atoms with Crippen LogP contribution in [0.4, 0.5) is 13.2 Å². The number of carboxylic acid groups (broad SMARTS) is 1. The van der Waals surface area contributed by atoms with E-state index in [9.17, 15) is 13.2 Å². The van der Waals surface area contributed by atoms with E-state index in [2.05, 4.69) is 26.0 Å². The first kappa shape index (κ1) is 16.4. The predicted molar refractivity (Wildman–Crippen MR) is 52.6 cm³/mol. The number of alkyl halides is 3. The average Bonchev–Trinajstić information content (AvgIpc) is 2.12. The van der Waals surface area contributed by atoms with E-state index in [1.54, 1.807) is 0 Å². The molecule has 15 heavy (non-hydrogen) atoms. The van der Waals surface area contributed by atoms with Gasteiger partial charge < -0.3 is 5.11 Å². The zero-order valence-electron chi connectivity index (χ0n) is 8.97. The number of aliphatic carboxylic acids is 1. The first-order chi connectivity index (χ1) is 6.86. The predicted octanol–water partition coefficient (Wildman–Crippen LogP) is 3.78. The summed E-state index contributed by atoms with van der Waals surface area (Å²) in [5.74, 6) is -2.76. The second-order valence-electron chi connectivity index (χ2n) is 2.87. The summed E-state index contributed by atoms with van der Waals surface area (Å²) in [6.07, 6.45) is 4.61. The average molecular weight is 226 g/mol. The van der Waals surface area contributed by atoms with Crippen LogP contribution in [-0.4, -0.2) is 17.3 Å². The Balaban J connectivity index is 0. The molecule has 0 saturated heterocycles. The summed E-state index contributed by atoms with van der Waals surface area (Å²) in [6, 6.07) is 0. The highest BCUT2D eigenvalue weighted by molar-refractivity contribution is 5.73. The number of unbranched alkanes of at least 4 members (excludes halogenated alkanes) is 3. The molecule has 0 atom stereocenters. The molecule has 90 valence electrons. The lowest BCUT2D eigenvalue weighted by Gasteiger charge is -1.93. The zero-order chi connectivity index (χ0) is 12.3. The molecule has 0 aliphatic rings. The molecular formula is C10H17F3O2. The van der Waals surface area contributed by atoms with Crippen molar-refractivity contribution in [1.29, 1.82) is 0 Å². The van der Waals surface area contributed by atoms with Crippen molar-refractivity contribution >= 4 is 5.97 Å². The lowest BCUT2D eigenvalue weighted by Crippen LogP contribution is -2.21. The van der Waals surface area contributed by atoms with Gasteiger partial charge >= 0.3 is 12.1 Å². The van der Waals surface area contributed by atoms with Gasteiger partial charge in [-0.2, -0.15) is 13.2 Å². The van der Waals surface area contributed by atoms with Crippen LogP contribution in [0, 0.1) is 0 Å². The fraction of sp³-hybridized carbons (Fsp3) is 0.700. The van der Waals surface area contributed by atoms with Crippen molar-refractivity contribution in [2.45, 2.75) is 45.7 Å². The molecule has 0 saturated carbocycles. The molecule has 0 spiro atoms. The van der Waals surface area contributed by atoms with Gasteiger partial charge in [0.15, 0.2) is 0 Å². The molecule has 1 N–H and O–H groups in total. The number of rotatable bonds is 4. The van der Waals surface area contributed by atoms with Crippen LogP contribution < -0.4 is 0 Å². The topological polar surface area (TPSA) is 37.3 Å². The van der Waals surface area contributed by atoms with Crippen molar-refractivity contribution in [3.05, 3.63) is 12.2 Å². The van der Waals surface area contributed by atoms with E-state index in [0.717, 1.165) is 0 Å². The van der Waals surface area contributed by atoms with Gasteiger partial charge in [-0.1, -0.05) is 31.9 Å². The van der Waals surface area contributed by atoms with Crippen molar-refractivity contribution in [2.24, 2.45) is 0 Å². The molecule has 0 heterocycles. The minimum absolute atomic E-state index is 1.27. The van der Waals surface area contributed by atoms with Crippen LogP contribution in [0.15, 0.2) is 12.2 Å². The third-order valence-corrected chi connectivity index (χ3v) is 1.45. The third kappa shape index (κ3) is 15.7. The summed E-state index contributed by atoms with van der Waals surface area (Å²) in [5, 5.41) is 7.12. The maximum Gasteiger partial charge on any atom is 0.490 e. The SMILES string of the molecule is CC=CCCCCC.O=C(O)C(F)(F)F. The minimum atomic E-state index is -5.08. The molecule has 0 amide bonds. The molecule has 0 aliphatic carbocycles. The van der Waals surface area contributed by atoms with Crippen molar-refractivity contribution in [3.8, 4) is 0 Å². The molecule has 5 heteroatoms. The van der Waals surface area contributed by atoms with Crippen LogP contribution in [0.2, 0.25) is 0 Å². The van der Waals surface area contributed by atoms with Crippen LogP contribution in [0.3, 0.4) is 0 Å². The maximum atomic E-state index is 10.6. The standard InChI is InChI=1S/C8H16.C2HF3O2/c1-3-5-7-8-6-4-2;3-2(4,5)1(6)7/h3,5H,4,6-8H2,1-2H3;(H,6,7). The molecule has 0 radical (unpaired) electrons. The van der Waals surface area contributed by atoms with Gasteiger partial charge in [-0.05, 0) is 19.8 Å². The van der Waals surface area contributed by atoms with E-state index in [1.165, 1.54) is 25.7 Å². The summed E-state index contributed by atoms with van der Waals surface area (Å²) < 4.78 is 31.7. The van der Waals surface area contributed by atoms with Crippen LogP contribution in [0.5, 0.6) is 0 Å². The Labute approximate surface area is 87.8 Å². The van der Waals surface area contributed by atoms with E-state index in [0.29, 0.717) is 0 Å². The fourth-order valence-corrected chi connectivity index (χ4v) is 0.679. The van der Waals surface area contributed by atoms with Crippen molar-refractivity contribution in [3.63, 3.8) is 0 Å². The van der Waals surface area contributed by atoms with Gasteiger partial charge in [0, 0.05) is 0 Å². The number of carboxylic acids is 1. The van der Waals surface area contributed by atoms with Crippen molar-refractivity contribution in [1.82, 2.24) is 0 Å². The Hall–Kier alpha value is -1.00. The van der Waals surface area contributed by atoms with Gasteiger partial charge in [-0.3, -0.25) is 0 Å². The maximum absolute atomic E-state index is 10.6. The molecule has 0 fully saturated rings. The van der Waals surface area contributed by atoms with Gasteiger partial charge in [0.1, 0.15) is 0 Å². The summed E-state index contributed by atoms with van der Waals surface area (Å²) in [7, 11) is 0. The Morgan fingerprint density at radius 1 is 1.33 bits per heavy atom. The van der Waals surface area contributed by atoms with Crippen molar-refractivity contribution in [2.75, 3.05) is 0 Å². The van der Waals surface area contributed by atoms with Gasteiger partial charge in [0.2, 0.25) is 0 Å².